The van der Waals surface area contributed by atoms with E-state index in [9.17, 15) is 0 Å². The van der Waals surface area contributed by atoms with Crippen LogP contribution in [0.4, 0.5) is 0 Å². The van der Waals surface area contributed by atoms with E-state index in [0.717, 1.165) is 6.61 Å². The fourth-order valence-electron chi connectivity index (χ4n) is 2.44. The third kappa shape index (κ3) is 12.5. The molecule has 0 aromatic heterocycles. The van der Waals surface area contributed by atoms with Crippen molar-refractivity contribution in [3.8, 4) is 0 Å². The molecule has 0 spiro atoms. The fourth-order valence-corrected chi connectivity index (χ4v) is 2.44. The Morgan fingerprint density at radius 3 is 1.61 bits per heavy atom. The summed E-state index contributed by atoms with van der Waals surface area (Å²) >= 11 is 0. The van der Waals surface area contributed by atoms with Crippen molar-refractivity contribution in [3.05, 3.63) is 0 Å². The van der Waals surface area contributed by atoms with Crippen LogP contribution in [0.3, 0.4) is 0 Å². The summed E-state index contributed by atoms with van der Waals surface area (Å²) in [4.78, 5) is 0. The minimum Gasteiger partial charge on any atom is -0.436 e. The van der Waals surface area contributed by atoms with E-state index in [1.165, 1.54) is 76.8 Å². The maximum atomic E-state index is 5.97. The van der Waals surface area contributed by atoms with Gasteiger partial charge in [0, 0.05) is 6.61 Å². The molecule has 2 heteroatoms. The van der Waals surface area contributed by atoms with Gasteiger partial charge < -0.3 is 4.65 Å². The largest absolute Gasteiger partial charge is 0.436 e. The second kappa shape index (κ2) is 15.1. The van der Waals surface area contributed by atoms with Crippen LogP contribution in [0.5, 0.6) is 0 Å². The molecule has 0 aromatic rings. The van der Waals surface area contributed by atoms with Gasteiger partial charge in [-0.25, -0.2) is 0 Å². The quantitative estimate of drug-likeness (QED) is 0.274. The van der Waals surface area contributed by atoms with Crippen LogP contribution in [-0.2, 0) is 4.65 Å². The van der Waals surface area contributed by atoms with Crippen LogP contribution < -0.4 is 0 Å². The number of hydrogen-bond acceptors (Lipinski definition) is 1. The second-order valence-corrected chi connectivity index (χ2v) is 5.55. The molecule has 0 aliphatic rings. The SMILES string of the molecule is CCCCCCCCCCOB(CCC)CCC. The first-order valence-corrected chi connectivity index (χ1v) is 8.46. The number of hydrogen-bond donors (Lipinski definition) is 0. The molecule has 0 saturated carbocycles. The van der Waals surface area contributed by atoms with E-state index in [1.807, 2.05) is 0 Å². The Hall–Kier alpha value is 0.0249. The lowest BCUT2D eigenvalue weighted by Crippen LogP contribution is -2.17. The minimum atomic E-state index is 0.532. The van der Waals surface area contributed by atoms with Gasteiger partial charge >= 0.3 is 0 Å². The van der Waals surface area contributed by atoms with Gasteiger partial charge in [-0.05, 0) is 19.1 Å². The van der Waals surface area contributed by atoms with Gasteiger partial charge in [0.05, 0.1) is 0 Å². The van der Waals surface area contributed by atoms with Gasteiger partial charge in [-0.1, -0.05) is 78.6 Å². The van der Waals surface area contributed by atoms with Crippen molar-refractivity contribution in [2.45, 2.75) is 97.6 Å². The van der Waals surface area contributed by atoms with Gasteiger partial charge in [0.2, 0.25) is 0 Å². The third-order valence-corrected chi connectivity index (χ3v) is 3.57. The smallest absolute Gasteiger partial charge is 0.293 e. The molecule has 0 bridgehead atoms. The number of rotatable bonds is 14. The van der Waals surface area contributed by atoms with Crippen molar-refractivity contribution in [1.29, 1.82) is 0 Å². The van der Waals surface area contributed by atoms with E-state index in [0.29, 0.717) is 6.92 Å². The highest BCUT2D eigenvalue weighted by molar-refractivity contribution is 6.51. The van der Waals surface area contributed by atoms with Gasteiger partial charge in [0.25, 0.3) is 6.92 Å². The Kier molecular flexibility index (Phi) is 15.1. The molecule has 0 radical (unpaired) electrons. The van der Waals surface area contributed by atoms with Gasteiger partial charge in [0.15, 0.2) is 0 Å². The standard InChI is InChI=1S/C16H35BO/c1-4-7-8-9-10-11-12-13-16-18-17(14-5-2)15-6-3/h4-16H2,1-3H3. The zero-order chi connectivity index (χ0) is 13.5. The van der Waals surface area contributed by atoms with Gasteiger partial charge in [-0.15, -0.1) is 0 Å². The first kappa shape index (κ1) is 18.0. The molecule has 0 aromatic carbocycles. The Labute approximate surface area is 116 Å². The summed E-state index contributed by atoms with van der Waals surface area (Å²) in [5.74, 6) is 0. The lowest BCUT2D eigenvalue weighted by Gasteiger charge is -2.12. The fraction of sp³-hybridized carbons (Fsp3) is 1.00. The van der Waals surface area contributed by atoms with E-state index in [1.54, 1.807) is 0 Å². The highest BCUT2D eigenvalue weighted by atomic mass is 16.4. The van der Waals surface area contributed by atoms with Crippen molar-refractivity contribution < 1.29 is 4.65 Å². The number of unbranched alkanes of at least 4 members (excludes halogenated alkanes) is 7. The summed E-state index contributed by atoms with van der Waals surface area (Å²) < 4.78 is 5.97. The summed E-state index contributed by atoms with van der Waals surface area (Å²) in [5.41, 5.74) is 0. The molecule has 1 nitrogen and oxygen atoms in total. The van der Waals surface area contributed by atoms with E-state index in [-0.39, 0.29) is 0 Å². The normalized spacial score (nSPS) is 10.8. The summed E-state index contributed by atoms with van der Waals surface area (Å²) in [6.07, 6.45) is 16.1. The van der Waals surface area contributed by atoms with Crippen molar-refractivity contribution in [2.75, 3.05) is 6.61 Å². The highest BCUT2D eigenvalue weighted by Gasteiger charge is 2.12. The monoisotopic (exact) mass is 254 g/mol. The molecule has 0 saturated heterocycles. The van der Waals surface area contributed by atoms with Crippen LogP contribution in [0.2, 0.25) is 12.6 Å². The van der Waals surface area contributed by atoms with Gasteiger partial charge in [-0.2, -0.15) is 0 Å². The molecule has 0 amide bonds. The average molecular weight is 254 g/mol. The molecule has 0 rings (SSSR count). The zero-order valence-corrected chi connectivity index (χ0v) is 13.2. The summed E-state index contributed by atoms with van der Waals surface area (Å²) in [5, 5.41) is 0. The van der Waals surface area contributed by atoms with E-state index in [2.05, 4.69) is 20.8 Å². The summed E-state index contributed by atoms with van der Waals surface area (Å²) in [6.45, 7) is 8.30. The van der Waals surface area contributed by atoms with Crippen molar-refractivity contribution in [1.82, 2.24) is 0 Å². The zero-order valence-electron chi connectivity index (χ0n) is 13.2. The van der Waals surface area contributed by atoms with Crippen LogP contribution in [0.1, 0.15) is 85.0 Å². The molecule has 0 atom stereocenters. The highest BCUT2D eigenvalue weighted by Crippen LogP contribution is 2.11. The molecule has 0 unspecified atom stereocenters. The van der Waals surface area contributed by atoms with Crippen LogP contribution in [0, 0.1) is 0 Å². The molecule has 0 heterocycles. The molecule has 0 N–H and O–H groups in total. The second-order valence-electron chi connectivity index (χ2n) is 5.55. The molecular formula is C16H35BO. The Balaban J connectivity index is 3.21. The molecule has 0 fully saturated rings. The summed E-state index contributed by atoms with van der Waals surface area (Å²) in [6, 6.07) is 0. The van der Waals surface area contributed by atoms with Gasteiger partial charge in [-0.3, -0.25) is 0 Å². The average Bonchev–Trinajstić information content (AvgIpc) is 2.37. The van der Waals surface area contributed by atoms with E-state index in [4.69, 9.17) is 4.65 Å². The molecule has 0 aliphatic heterocycles. The van der Waals surface area contributed by atoms with E-state index >= 15 is 0 Å². The van der Waals surface area contributed by atoms with Crippen molar-refractivity contribution >= 4 is 6.92 Å². The van der Waals surface area contributed by atoms with Crippen molar-refractivity contribution in [3.63, 3.8) is 0 Å². The third-order valence-electron chi connectivity index (χ3n) is 3.57. The first-order chi connectivity index (χ1) is 8.85. The topological polar surface area (TPSA) is 9.23 Å². The molecule has 0 aliphatic carbocycles. The van der Waals surface area contributed by atoms with Crippen LogP contribution >= 0.6 is 0 Å². The van der Waals surface area contributed by atoms with E-state index < -0.39 is 0 Å². The van der Waals surface area contributed by atoms with Crippen molar-refractivity contribution in [2.24, 2.45) is 0 Å². The van der Waals surface area contributed by atoms with Crippen LogP contribution in [0.25, 0.3) is 0 Å². The van der Waals surface area contributed by atoms with Crippen LogP contribution in [-0.4, -0.2) is 13.5 Å². The van der Waals surface area contributed by atoms with Gasteiger partial charge in [0.1, 0.15) is 0 Å². The Morgan fingerprint density at radius 2 is 1.11 bits per heavy atom. The predicted molar refractivity (Wildman–Crippen MR) is 84.5 cm³/mol. The molecular weight excluding hydrogens is 219 g/mol. The van der Waals surface area contributed by atoms with Crippen LogP contribution in [0.15, 0.2) is 0 Å². The maximum absolute atomic E-state index is 5.97. The minimum absolute atomic E-state index is 0.532. The summed E-state index contributed by atoms with van der Waals surface area (Å²) in [7, 11) is 0. The Bertz CT molecular complexity index is 144. The molecule has 108 valence electrons. The lowest BCUT2D eigenvalue weighted by molar-refractivity contribution is 0.303. The molecule has 18 heavy (non-hydrogen) atoms. The first-order valence-electron chi connectivity index (χ1n) is 8.46. The maximum Gasteiger partial charge on any atom is 0.293 e. The lowest BCUT2D eigenvalue weighted by atomic mass is 9.60. The Morgan fingerprint density at radius 1 is 0.611 bits per heavy atom. The predicted octanol–water partition coefficient (Wildman–Crippen LogP) is 5.96.